The van der Waals surface area contributed by atoms with Crippen molar-refractivity contribution in [3.05, 3.63) is 71.8 Å². The van der Waals surface area contributed by atoms with Gasteiger partial charge in [-0.1, -0.05) is 31.2 Å². The van der Waals surface area contributed by atoms with Crippen molar-refractivity contribution in [1.29, 1.82) is 0 Å². The molecule has 2 amide bonds. The SMILES string of the molecule is CC1(C(=O)N2CCC(CN3C(=O)C(C)(C)N=C3c3ccc(-c4ccc5cc(F)ccc5c4)cc3F)C2)CC1. The van der Waals surface area contributed by atoms with E-state index in [-0.39, 0.29) is 34.5 Å². The summed E-state index contributed by atoms with van der Waals surface area (Å²) < 4.78 is 29.2. The second kappa shape index (κ2) is 8.72. The zero-order chi connectivity index (χ0) is 26.8. The first-order valence-corrected chi connectivity index (χ1v) is 13.2. The molecule has 0 radical (unpaired) electrons. The number of fused-ring (bicyclic) bond motifs is 1. The molecule has 2 fully saturated rings. The highest BCUT2D eigenvalue weighted by Gasteiger charge is 2.49. The number of hydrogen-bond donors (Lipinski definition) is 0. The van der Waals surface area contributed by atoms with Gasteiger partial charge in [0.2, 0.25) is 5.91 Å². The molecule has 196 valence electrons. The van der Waals surface area contributed by atoms with Crippen LogP contribution in [0, 0.1) is 23.0 Å². The fourth-order valence-electron chi connectivity index (χ4n) is 5.65. The molecule has 1 unspecified atom stereocenters. The van der Waals surface area contributed by atoms with Crippen LogP contribution in [-0.2, 0) is 9.59 Å². The zero-order valence-corrected chi connectivity index (χ0v) is 21.9. The van der Waals surface area contributed by atoms with E-state index in [1.54, 1.807) is 30.9 Å². The van der Waals surface area contributed by atoms with Gasteiger partial charge in [0.25, 0.3) is 5.91 Å². The predicted molar refractivity (Wildman–Crippen MR) is 144 cm³/mol. The summed E-state index contributed by atoms with van der Waals surface area (Å²) in [5, 5.41) is 1.65. The van der Waals surface area contributed by atoms with Gasteiger partial charge in [0.15, 0.2) is 0 Å². The van der Waals surface area contributed by atoms with Crippen molar-refractivity contribution in [2.75, 3.05) is 19.6 Å². The topological polar surface area (TPSA) is 53.0 Å². The average Bonchev–Trinajstić information content (AvgIpc) is 3.39. The van der Waals surface area contributed by atoms with Gasteiger partial charge in [0.05, 0.1) is 5.56 Å². The van der Waals surface area contributed by atoms with Crippen molar-refractivity contribution in [2.45, 2.75) is 45.6 Å². The Kier molecular flexibility index (Phi) is 5.67. The molecule has 0 N–H and O–H groups in total. The number of amides is 2. The number of likely N-dealkylation sites (tertiary alicyclic amines) is 1. The molecule has 1 atom stereocenters. The van der Waals surface area contributed by atoms with E-state index in [1.807, 2.05) is 36.1 Å². The van der Waals surface area contributed by atoms with Crippen molar-refractivity contribution < 1.29 is 18.4 Å². The van der Waals surface area contributed by atoms with Crippen LogP contribution in [0.1, 0.15) is 45.6 Å². The van der Waals surface area contributed by atoms with E-state index in [2.05, 4.69) is 4.99 Å². The minimum absolute atomic E-state index is 0.120. The van der Waals surface area contributed by atoms with Gasteiger partial charge in [-0.05, 0) is 91.3 Å². The van der Waals surface area contributed by atoms with Crippen LogP contribution in [0.25, 0.3) is 21.9 Å². The molecule has 1 saturated heterocycles. The van der Waals surface area contributed by atoms with E-state index in [0.717, 1.165) is 35.6 Å². The third-order valence-corrected chi connectivity index (χ3v) is 8.29. The maximum Gasteiger partial charge on any atom is 0.255 e. The standard InChI is InChI=1S/C31H31F2N3O2/c1-30(2)28(37)36(18-19-10-13-35(17-19)29(38)31(3)11-12-31)27(34-30)25-9-7-23(16-26(25)33)20-4-5-22-15-24(32)8-6-21(22)14-20/h4-9,14-16,19H,10-13,17-18H2,1-3H3. The van der Waals surface area contributed by atoms with Crippen LogP contribution in [0.4, 0.5) is 8.78 Å². The molecule has 2 aliphatic heterocycles. The smallest absolute Gasteiger partial charge is 0.255 e. The minimum atomic E-state index is -0.982. The largest absolute Gasteiger partial charge is 0.342 e. The summed E-state index contributed by atoms with van der Waals surface area (Å²) in [5.74, 6) is -0.236. The maximum atomic E-state index is 15.6. The van der Waals surface area contributed by atoms with Gasteiger partial charge in [0.1, 0.15) is 23.0 Å². The molecule has 38 heavy (non-hydrogen) atoms. The molecule has 3 aromatic rings. The number of halogens is 2. The van der Waals surface area contributed by atoms with Crippen molar-refractivity contribution in [1.82, 2.24) is 9.80 Å². The summed E-state index contributed by atoms with van der Waals surface area (Å²) in [7, 11) is 0. The van der Waals surface area contributed by atoms with Gasteiger partial charge in [-0.2, -0.15) is 0 Å². The van der Waals surface area contributed by atoms with Crippen LogP contribution in [0.3, 0.4) is 0 Å². The van der Waals surface area contributed by atoms with E-state index in [9.17, 15) is 14.0 Å². The number of benzene rings is 3. The zero-order valence-electron chi connectivity index (χ0n) is 21.9. The number of amidine groups is 1. The molecular formula is C31H31F2N3O2. The summed E-state index contributed by atoms with van der Waals surface area (Å²) in [6, 6.07) is 15.1. The van der Waals surface area contributed by atoms with E-state index >= 15 is 4.39 Å². The first-order valence-electron chi connectivity index (χ1n) is 13.2. The van der Waals surface area contributed by atoms with Crippen molar-refractivity contribution >= 4 is 28.4 Å². The van der Waals surface area contributed by atoms with Crippen LogP contribution in [0.5, 0.6) is 0 Å². The summed E-state index contributed by atoms with van der Waals surface area (Å²) >= 11 is 0. The molecule has 2 heterocycles. The Hall–Kier alpha value is -3.61. The maximum absolute atomic E-state index is 15.6. The summed E-state index contributed by atoms with van der Waals surface area (Å²) in [5.41, 5.74) is 0.595. The predicted octanol–water partition coefficient (Wildman–Crippen LogP) is 5.80. The second-order valence-electron chi connectivity index (χ2n) is 11.8. The normalized spacial score (nSPS) is 21.8. The van der Waals surface area contributed by atoms with Crippen LogP contribution in [-0.4, -0.2) is 52.6 Å². The van der Waals surface area contributed by atoms with E-state index in [4.69, 9.17) is 0 Å². The Bertz CT molecular complexity index is 1510. The number of carbonyl (C=O) groups excluding carboxylic acids is 2. The Morgan fingerprint density at radius 3 is 2.39 bits per heavy atom. The van der Waals surface area contributed by atoms with Gasteiger partial charge >= 0.3 is 0 Å². The highest BCUT2D eigenvalue weighted by atomic mass is 19.1. The number of rotatable bonds is 5. The molecule has 1 aliphatic carbocycles. The molecule has 5 nitrogen and oxygen atoms in total. The number of aliphatic imine (C=N–C) groups is 1. The summed E-state index contributed by atoms with van der Waals surface area (Å²) in [6.45, 7) is 7.22. The quantitative estimate of drug-likeness (QED) is 0.431. The number of carbonyl (C=O) groups is 2. The lowest BCUT2D eigenvalue weighted by molar-refractivity contribution is -0.135. The molecule has 0 spiro atoms. The first-order chi connectivity index (χ1) is 18.0. The lowest BCUT2D eigenvalue weighted by Gasteiger charge is -2.25. The molecule has 7 heteroatoms. The molecule has 1 saturated carbocycles. The second-order valence-corrected chi connectivity index (χ2v) is 11.8. The highest BCUT2D eigenvalue weighted by molar-refractivity contribution is 6.15. The van der Waals surface area contributed by atoms with Crippen LogP contribution >= 0.6 is 0 Å². The molecule has 0 aromatic heterocycles. The average molecular weight is 516 g/mol. The van der Waals surface area contributed by atoms with Gasteiger partial charge in [-0.15, -0.1) is 0 Å². The minimum Gasteiger partial charge on any atom is -0.342 e. The monoisotopic (exact) mass is 515 g/mol. The molecule has 3 aromatic carbocycles. The highest BCUT2D eigenvalue weighted by Crippen LogP contribution is 2.47. The summed E-state index contributed by atoms with van der Waals surface area (Å²) in [4.78, 5) is 34.3. The Balaban J connectivity index is 1.25. The fourth-order valence-corrected chi connectivity index (χ4v) is 5.65. The molecule has 6 rings (SSSR count). The van der Waals surface area contributed by atoms with Crippen LogP contribution < -0.4 is 0 Å². The molecule has 3 aliphatic rings. The van der Waals surface area contributed by atoms with Crippen LogP contribution in [0.15, 0.2) is 59.6 Å². The third-order valence-electron chi connectivity index (χ3n) is 8.29. The van der Waals surface area contributed by atoms with Gasteiger partial charge in [0, 0.05) is 25.0 Å². The Labute approximate surface area is 221 Å². The van der Waals surface area contributed by atoms with Crippen LogP contribution in [0.2, 0.25) is 0 Å². The first kappa shape index (κ1) is 24.7. The van der Waals surface area contributed by atoms with Crippen molar-refractivity contribution in [3.8, 4) is 11.1 Å². The molecule has 0 bridgehead atoms. The summed E-state index contributed by atoms with van der Waals surface area (Å²) in [6.07, 6.45) is 2.69. The van der Waals surface area contributed by atoms with E-state index < -0.39 is 11.4 Å². The lowest BCUT2D eigenvalue weighted by Crippen LogP contribution is -2.43. The van der Waals surface area contributed by atoms with E-state index in [0.29, 0.717) is 31.0 Å². The van der Waals surface area contributed by atoms with Gasteiger partial charge < -0.3 is 4.90 Å². The fraction of sp³-hybridized carbons (Fsp3) is 0.387. The van der Waals surface area contributed by atoms with Crippen molar-refractivity contribution in [3.63, 3.8) is 0 Å². The van der Waals surface area contributed by atoms with Crippen molar-refractivity contribution in [2.24, 2.45) is 16.3 Å². The lowest BCUT2D eigenvalue weighted by atomic mass is 9.99. The Morgan fingerprint density at radius 1 is 0.974 bits per heavy atom. The van der Waals surface area contributed by atoms with Gasteiger partial charge in [-0.3, -0.25) is 19.5 Å². The Morgan fingerprint density at radius 2 is 1.66 bits per heavy atom. The third kappa shape index (κ3) is 4.28. The van der Waals surface area contributed by atoms with E-state index in [1.165, 1.54) is 18.2 Å². The number of nitrogens with zero attached hydrogens (tertiary/aromatic N) is 3. The molecular weight excluding hydrogens is 484 g/mol. The number of hydrogen-bond acceptors (Lipinski definition) is 3. The van der Waals surface area contributed by atoms with Gasteiger partial charge in [-0.25, -0.2) is 8.78 Å².